The van der Waals surface area contributed by atoms with E-state index in [0.29, 0.717) is 19.3 Å². The van der Waals surface area contributed by atoms with Gasteiger partial charge in [-0.1, -0.05) is 159 Å². The molecule has 304 valence electrons. The van der Waals surface area contributed by atoms with E-state index in [1.54, 1.807) is 6.08 Å². The standard InChI is InChI=1S/C42H77NO9/c1-4-6-8-10-12-13-14-15-16-17-19-21-25-30-36(46)41(50)43-34(32-51-42-40(49)39(48)38(47)37(31-44)52-42)35(45)29-26-22-24-28-33(3)27-23-20-18-11-9-7-5-2/h23,26-29,34-40,42,44-49H,4-22,24-25,30-32H2,1-3H3,(H,43,50)/b27-23+,29-26+,33-28+/t34-,35+,36+,37?,38+,39?,40?,42+/m0/s1. The Morgan fingerprint density at radius 2 is 1.29 bits per heavy atom. The zero-order valence-electron chi connectivity index (χ0n) is 32.9. The van der Waals surface area contributed by atoms with Gasteiger partial charge < -0.3 is 45.4 Å². The molecule has 1 rings (SSSR count). The van der Waals surface area contributed by atoms with Gasteiger partial charge in [-0.3, -0.25) is 4.79 Å². The zero-order valence-corrected chi connectivity index (χ0v) is 32.9. The molecule has 7 N–H and O–H groups in total. The molecule has 0 aromatic carbocycles. The third-order valence-electron chi connectivity index (χ3n) is 9.90. The van der Waals surface area contributed by atoms with Crippen molar-refractivity contribution in [3.63, 3.8) is 0 Å². The predicted octanol–water partition coefficient (Wildman–Crippen LogP) is 6.69. The summed E-state index contributed by atoms with van der Waals surface area (Å²) in [7, 11) is 0. The van der Waals surface area contributed by atoms with Gasteiger partial charge in [-0.15, -0.1) is 0 Å². The molecule has 1 aliphatic heterocycles. The van der Waals surface area contributed by atoms with Crippen LogP contribution in [0.25, 0.3) is 0 Å². The Hall–Kier alpha value is -1.63. The molecule has 1 aliphatic rings. The minimum atomic E-state index is -1.62. The Balaban J connectivity index is 2.59. The number of nitrogens with one attached hydrogen (secondary N) is 1. The van der Waals surface area contributed by atoms with E-state index in [1.165, 1.54) is 95.5 Å². The van der Waals surface area contributed by atoms with Crippen molar-refractivity contribution in [1.82, 2.24) is 5.32 Å². The maximum absolute atomic E-state index is 13.0. The average molecular weight is 740 g/mol. The second kappa shape index (κ2) is 31.7. The number of ether oxygens (including phenoxy) is 2. The van der Waals surface area contributed by atoms with Crippen molar-refractivity contribution in [2.75, 3.05) is 13.2 Å². The molecule has 0 radical (unpaired) electrons. The SMILES string of the molecule is CCCCCCC/C=C/C(C)=C/CC/C=C/[C@@H](O)[C@H](CO[C@@H]1OC(CO)[C@@H](O)C(O)C1O)NC(=O)[C@H](O)CCCCCCCCCCCCCCC. The summed E-state index contributed by atoms with van der Waals surface area (Å²) in [5.74, 6) is -0.635. The molecule has 8 atom stereocenters. The van der Waals surface area contributed by atoms with E-state index in [4.69, 9.17) is 9.47 Å². The Bertz CT molecular complexity index is 956. The van der Waals surface area contributed by atoms with Gasteiger partial charge in [0, 0.05) is 0 Å². The first-order chi connectivity index (χ1) is 25.2. The summed E-state index contributed by atoms with van der Waals surface area (Å²) in [6.45, 7) is 5.59. The lowest BCUT2D eigenvalue weighted by Gasteiger charge is -2.40. The average Bonchev–Trinajstić information content (AvgIpc) is 3.14. The Kier molecular flexibility index (Phi) is 29.5. The van der Waals surface area contributed by atoms with Crippen molar-refractivity contribution in [1.29, 1.82) is 0 Å². The lowest BCUT2D eigenvalue weighted by Crippen LogP contribution is -2.60. The van der Waals surface area contributed by atoms with Gasteiger partial charge >= 0.3 is 0 Å². The molecular formula is C42H77NO9. The largest absolute Gasteiger partial charge is 0.394 e. The minimum Gasteiger partial charge on any atom is -0.394 e. The lowest BCUT2D eigenvalue weighted by atomic mass is 9.99. The van der Waals surface area contributed by atoms with Crippen molar-refractivity contribution in [2.24, 2.45) is 0 Å². The fourth-order valence-electron chi connectivity index (χ4n) is 6.37. The molecule has 1 saturated heterocycles. The first kappa shape index (κ1) is 48.4. The molecule has 0 aliphatic carbocycles. The molecule has 0 saturated carbocycles. The van der Waals surface area contributed by atoms with Crippen molar-refractivity contribution in [3.8, 4) is 0 Å². The molecule has 0 aromatic rings. The Morgan fingerprint density at radius 3 is 1.87 bits per heavy atom. The van der Waals surface area contributed by atoms with Crippen LogP contribution in [0.15, 0.2) is 36.0 Å². The molecule has 1 amide bonds. The van der Waals surface area contributed by atoms with Crippen LogP contribution in [-0.2, 0) is 14.3 Å². The number of hydrogen-bond acceptors (Lipinski definition) is 9. The van der Waals surface area contributed by atoms with Gasteiger partial charge in [-0.05, 0) is 39.0 Å². The van der Waals surface area contributed by atoms with Crippen molar-refractivity contribution >= 4 is 5.91 Å². The first-order valence-electron chi connectivity index (χ1n) is 20.7. The topological polar surface area (TPSA) is 169 Å². The molecular weight excluding hydrogens is 662 g/mol. The monoisotopic (exact) mass is 740 g/mol. The summed E-state index contributed by atoms with van der Waals surface area (Å²) in [6.07, 6.45) is 24.8. The van der Waals surface area contributed by atoms with Crippen LogP contribution in [0.3, 0.4) is 0 Å². The molecule has 3 unspecified atom stereocenters. The number of unbranched alkanes of at least 4 members (excludes halogenated alkanes) is 18. The number of carbonyl (C=O) groups is 1. The van der Waals surface area contributed by atoms with Crippen LogP contribution >= 0.6 is 0 Å². The summed E-state index contributed by atoms with van der Waals surface area (Å²) >= 11 is 0. The molecule has 10 heteroatoms. The van der Waals surface area contributed by atoms with Crippen molar-refractivity contribution < 1.29 is 44.9 Å². The lowest BCUT2D eigenvalue weighted by molar-refractivity contribution is -0.302. The summed E-state index contributed by atoms with van der Waals surface area (Å²) in [4.78, 5) is 13.0. The third-order valence-corrected chi connectivity index (χ3v) is 9.90. The molecule has 0 spiro atoms. The minimum absolute atomic E-state index is 0.300. The summed E-state index contributed by atoms with van der Waals surface area (Å²) in [6, 6.07) is -1.00. The second-order valence-electron chi connectivity index (χ2n) is 14.7. The molecule has 52 heavy (non-hydrogen) atoms. The van der Waals surface area contributed by atoms with Crippen LogP contribution in [0, 0.1) is 0 Å². The number of carbonyl (C=O) groups excluding carboxylic acids is 1. The summed E-state index contributed by atoms with van der Waals surface area (Å²) in [5, 5.41) is 64.5. The fourth-order valence-corrected chi connectivity index (χ4v) is 6.37. The highest BCUT2D eigenvalue weighted by Gasteiger charge is 2.44. The number of rotatable bonds is 32. The van der Waals surface area contributed by atoms with Crippen molar-refractivity contribution in [3.05, 3.63) is 36.0 Å². The van der Waals surface area contributed by atoms with E-state index in [1.807, 2.05) is 6.08 Å². The normalized spacial score (nSPS) is 23.0. The van der Waals surface area contributed by atoms with E-state index < -0.39 is 61.5 Å². The summed E-state index contributed by atoms with van der Waals surface area (Å²) in [5.41, 5.74) is 1.18. The molecule has 1 heterocycles. The maximum atomic E-state index is 13.0. The van der Waals surface area contributed by atoms with E-state index in [2.05, 4.69) is 44.3 Å². The second-order valence-corrected chi connectivity index (χ2v) is 14.7. The number of allylic oxidation sites excluding steroid dienone is 5. The van der Waals surface area contributed by atoms with Crippen LogP contribution in [0.1, 0.15) is 162 Å². The quantitative estimate of drug-likeness (QED) is 0.0226. The van der Waals surface area contributed by atoms with Gasteiger partial charge in [0.05, 0.1) is 25.4 Å². The van der Waals surface area contributed by atoms with E-state index in [-0.39, 0.29) is 6.61 Å². The number of aliphatic hydroxyl groups is 6. The highest BCUT2D eigenvalue weighted by Crippen LogP contribution is 2.22. The third kappa shape index (κ3) is 22.6. The van der Waals surface area contributed by atoms with Crippen LogP contribution in [-0.4, -0.2) is 98.7 Å². The van der Waals surface area contributed by atoms with Gasteiger partial charge in [-0.2, -0.15) is 0 Å². The van der Waals surface area contributed by atoms with Crippen LogP contribution < -0.4 is 5.32 Å². The Morgan fingerprint density at radius 1 is 0.731 bits per heavy atom. The first-order valence-corrected chi connectivity index (χ1v) is 20.7. The van der Waals surface area contributed by atoms with Crippen LogP contribution in [0.2, 0.25) is 0 Å². The van der Waals surface area contributed by atoms with E-state index >= 15 is 0 Å². The molecule has 0 aromatic heterocycles. The van der Waals surface area contributed by atoms with Crippen LogP contribution in [0.4, 0.5) is 0 Å². The number of amides is 1. The van der Waals surface area contributed by atoms with E-state index in [0.717, 1.165) is 32.1 Å². The van der Waals surface area contributed by atoms with E-state index in [9.17, 15) is 35.4 Å². The van der Waals surface area contributed by atoms with Gasteiger partial charge in [0.2, 0.25) is 5.91 Å². The fraction of sp³-hybridized carbons (Fsp3) is 0.833. The highest BCUT2D eigenvalue weighted by molar-refractivity contribution is 5.80. The van der Waals surface area contributed by atoms with Crippen molar-refractivity contribution in [2.45, 2.75) is 211 Å². The maximum Gasteiger partial charge on any atom is 0.249 e. The van der Waals surface area contributed by atoms with Gasteiger partial charge in [0.1, 0.15) is 30.5 Å². The predicted molar refractivity (Wildman–Crippen MR) is 209 cm³/mol. The van der Waals surface area contributed by atoms with Gasteiger partial charge in [-0.25, -0.2) is 0 Å². The zero-order chi connectivity index (χ0) is 38.4. The molecule has 1 fully saturated rings. The number of aliphatic hydroxyl groups excluding tert-OH is 6. The van der Waals surface area contributed by atoms with Crippen LogP contribution in [0.5, 0.6) is 0 Å². The molecule has 0 bridgehead atoms. The number of hydrogen-bond donors (Lipinski definition) is 7. The Labute approximate surface area is 315 Å². The van der Waals surface area contributed by atoms with Gasteiger partial charge in [0.15, 0.2) is 6.29 Å². The van der Waals surface area contributed by atoms with Gasteiger partial charge in [0.25, 0.3) is 0 Å². The smallest absolute Gasteiger partial charge is 0.249 e. The summed E-state index contributed by atoms with van der Waals surface area (Å²) < 4.78 is 11.1. The molecule has 10 nitrogen and oxygen atoms in total. The highest BCUT2D eigenvalue weighted by atomic mass is 16.7.